The van der Waals surface area contributed by atoms with Gasteiger partial charge in [-0.05, 0) is 44.6 Å². The molecule has 0 radical (unpaired) electrons. The van der Waals surface area contributed by atoms with E-state index in [9.17, 15) is 9.59 Å². The fourth-order valence-corrected chi connectivity index (χ4v) is 4.14. The van der Waals surface area contributed by atoms with Crippen molar-refractivity contribution in [2.24, 2.45) is 11.8 Å². The molecule has 29 heavy (non-hydrogen) atoms. The second-order valence-corrected chi connectivity index (χ2v) is 9.10. The van der Waals surface area contributed by atoms with Gasteiger partial charge in [-0.15, -0.1) is 0 Å². The van der Waals surface area contributed by atoms with Crippen molar-refractivity contribution >= 4 is 12.2 Å². The van der Waals surface area contributed by atoms with E-state index in [1.54, 1.807) is 0 Å². The van der Waals surface area contributed by atoms with Gasteiger partial charge >= 0.3 is 12.2 Å². The van der Waals surface area contributed by atoms with Crippen molar-refractivity contribution in [1.82, 2.24) is 15.1 Å². The summed E-state index contributed by atoms with van der Waals surface area (Å²) in [7, 11) is 0. The molecule has 0 spiro atoms. The van der Waals surface area contributed by atoms with Crippen LogP contribution in [0.5, 0.6) is 0 Å². The maximum atomic E-state index is 12.4. The van der Waals surface area contributed by atoms with Crippen LogP contribution in [0.3, 0.4) is 0 Å². The second kappa shape index (κ2) is 9.48. The summed E-state index contributed by atoms with van der Waals surface area (Å²) in [6.45, 7) is 10.7. The highest BCUT2D eigenvalue weighted by molar-refractivity contribution is 5.68. The van der Waals surface area contributed by atoms with Crippen molar-refractivity contribution < 1.29 is 19.1 Å². The number of carbonyl (C=O) groups excluding carboxylic acids is 2. The molecule has 1 aromatic carbocycles. The van der Waals surface area contributed by atoms with Crippen molar-refractivity contribution in [3.05, 3.63) is 35.9 Å². The Hall–Kier alpha value is -2.28. The number of nitrogens with zero attached hydrogens (tertiary/aromatic N) is 2. The highest BCUT2D eigenvalue weighted by atomic mass is 16.6. The van der Waals surface area contributed by atoms with Crippen LogP contribution in [-0.2, 0) is 16.1 Å². The number of fused-ring (bicyclic) bond motifs is 2. The first-order valence-electron chi connectivity index (χ1n) is 10.4. The Bertz CT molecular complexity index is 675. The molecule has 1 N–H and O–H groups in total. The predicted molar refractivity (Wildman–Crippen MR) is 110 cm³/mol. The minimum absolute atomic E-state index is 0.205. The standard InChI is InChI=1S/C22H33N3O4/c1-22(2,3)29-21(27)25-14-18-11-19(15-25)13-24(12-18)10-9-23-20(26)28-16-17-7-5-4-6-8-17/h4-8,18-19H,9-16H2,1-3H3,(H,23,26). The molecular formula is C22H33N3O4. The topological polar surface area (TPSA) is 71.1 Å². The van der Waals surface area contributed by atoms with Crippen LogP contribution in [0.15, 0.2) is 30.3 Å². The van der Waals surface area contributed by atoms with Gasteiger partial charge in [0.15, 0.2) is 0 Å². The Labute approximate surface area is 173 Å². The lowest BCUT2D eigenvalue weighted by Crippen LogP contribution is -2.55. The number of rotatable bonds is 5. The quantitative estimate of drug-likeness (QED) is 0.818. The molecule has 0 aromatic heterocycles. The Morgan fingerprint density at radius 2 is 1.72 bits per heavy atom. The normalized spacial score (nSPS) is 22.1. The summed E-state index contributed by atoms with van der Waals surface area (Å²) in [6.07, 6.45) is 0.563. The zero-order valence-electron chi connectivity index (χ0n) is 17.7. The van der Waals surface area contributed by atoms with E-state index in [1.807, 2.05) is 56.0 Å². The molecular weight excluding hydrogens is 370 g/mol. The molecule has 0 saturated carbocycles. The first-order valence-corrected chi connectivity index (χ1v) is 10.4. The van der Waals surface area contributed by atoms with Gasteiger partial charge in [-0.1, -0.05) is 30.3 Å². The molecule has 2 saturated heterocycles. The molecule has 1 aromatic rings. The highest BCUT2D eigenvalue weighted by Crippen LogP contribution is 2.29. The molecule has 2 heterocycles. The van der Waals surface area contributed by atoms with E-state index in [4.69, 9.17) is 9.47 Å². The zero-order chi connectivity index (χ0) is 20.9. The average Bonchev–Trinajstić information content (AvgIpc) is 2.65. The highest BCUT2D eigenvalue weighted by Gasteiger charge is 2.37. The van der Waals surface area contributed by atoms with Crippen LogP contribution < -0.4 is 5.32 Å². The average molecular weight is 404 g/mol. The van der Waals surface area contributed by atoms with E-state index in [2.05, 4.69) is 10.2 Å². The Morgan fingerprint density at radius 1 is 1.07 bits per heavy atom. The van der Waals surface area contributed by atoms with Crippen LogP contribution in [0.1, 0.15) is 32.8 Å². The third-order valence-corrected chi connectivity index (χ3v) is 5.22. The number of amides is 2. The first-order chi connectivity index (χ1) is 13.8. The second-order valence-electron chi connectivity index (χ2n) is 9.10. The number of likely N-dealkylation sites (tertiary alicyclic amines) is 2. The predicted octanol–water partition coefficient (Wildman–Crippen LogP) is 3.10. The fourth-order valence-electron chi connectivity index (χ4n) is 4.14. The summed E-state index contributed by atoms with van der Waals surface area (Å²) in [5.74, 6) is 0.917. The summed E-state index contributed by atoms with van der Waals surface area (Å²) in [6, 6.07) is 9.65. The minimum Gasteiger partial charge on any atom is -0.445 e. The fraction of sp³-hybridized carbons (Fsp3) is 0.636. The maximum absolute atomic E-state index is 12.4. The summed E-state index contributed by atoms with van der Waals surface area (Å²) in [5.41, 5.74) is 0.511. The summed E-state index contributed by atoms with van der Waals surface area (Å²) < 4.78 is 10.8. The molecule has 2 atom stereocenters. The van der Waals surface area contributed by atoms with Gasteiger partial charge in [0.1, 0.15) is 12.2 Å². The van der Waals surface area contributed by atoms with E-state index < -0.39 is 5.60 Å². The third kappa shape index (κ3) is 6.92. The van der Waals surface area contributed by atoms with Crippen molar-refractivity contribution in [2.75, 3.05) is 39.3 Å². The number of carbonyl (C=O) groups is 2. The van der Waals surface area contributed by atoms with Crippen molar-refractivity contribution in [3.8, 4) is 0 Å². The van der Waals surface area contributed by atoms with Crippen LogP contribution >= 0.6 is 0 Å². The molecule has 7 nitrogen and oxygen atoms in total. The Balaban J connectivity index is 1.36. The van der Waals surface area contributed by atoms with Gasteiger partial charge in [-0.3, -0.25) is 0 Å². The van der Waals surface area contributed by atoms with E-state index in [0.29, 0.717) is 18.4 Å². The molecule has 3 rings (SSSR count). The molecule has 160 valence electrons. The lowest BCUT2D eigenvalue weighted by Gasteiger charge is -2.45. The summed E-state index contributed by atoms with van der Waals surface area (Å²) in [5, 5.41) is 2.83. The molecule has 2 unspecified atom stereocenters. The zero-order valence-corrected chi connectivity index (χ0v) is 17.7. The van der Waals surface area contributed by atoms with E-state index >= 15 is 0 Å². The van der Waals surface area contributed by atoms with Gasteiger partial charge in [0.05, 0.1) is 0 Å². The minimum atomic E-state index is -0.462. The number of ether oxygens (including phenoxy) is 2. The number of hydrogen-bond acceptors (Lipinski definition) is 5. The van der Waals surface area contributed by atoms with Crippen LogP contribution in [0.25, 0.3) is 0 Å². The number of hydrogen-bond donors (Lipinski definition) is 1. The van der Waals surface area contributed by atoms with Gasteiger partial charge in [0, 0.05) is 39.3 Å². The molecule has 0 aliphatic carbocycles. The van der Waals surface area contributed by atoms with Gasteiger partial charge < -0.3 is 24.6 Å². The maximum Gasteiger partial charge on any atom is 0.410 e. The van der Waals surface area contributed by atoms with Crippen LogP contribution in [0.2, 0.25) is 0 Å². The first kappa shape index (κ1) is 21.4. The van der Waals surface area contributed by atoms with Gasteiger partial charge in [-0.2, -0.15) is 0 Å². The van der Waals surface area contributed by atoms with Gasteiger partial charge in [0.2, 0.25) is 0 Å². The third-order valence-electron chi connectivity index (χ3n) is 5.22. The van der Waals surface area contributed by atoms with Crippen molar-refractivity contribution in [3.63, 3.8) is 0 Å². The Kier molecular flexibility index (Phi) is 7.00. The Morgan fingerprint density at radius 3 is 2.34 bits per heavy atom. The number of alkyl carbamates (subject to hydrolysis) is 1. The molecule has 7 heteroatoms. The van der Waals surface area contributed by atoms with Gasteiger partial charge in [-0.25, -0.2) is 9.59 Å². The van der Waals surface area contributed by atoms with E-state index in [-0.39, 0.29) is 18.8 Å². The number of piperidine rings is 2. The molecule has 2 fully saturated rings. The number of nitrogens with one attached hydrogen (secondary N) is 1. The smallest absolute Gasteiger partial charge is 0.410 e. The van der Waals surface area contributed by atoms with E-state index in [1.165, 1.54) is 0 Å². The molecule has 2 aliphatic heterocycles. The van der Waals surface area contributed by atoms with Crippen molar-refractivity contribution in [2.45, 2.75) is 39.4 Å². The largest absolute Gasteiger partial charge is 0.445 e. The van der Waals surface area contributed by atoms with Crippen LogP contribution in [0.4, 0.5) is 9.59 Å². The van der Waals surface area contributed by atoms with E-state index in [0.717, 1.165) is 44.7 Å². The van der Waals surface area contributed by atoms with Crippen LogP contribution in [-0.4, -0.2) is 66.9 Å². The molecule has 2 amide bonds. The van der Waals surface area contributed by atoms with Gasteiger partial charge in [0.25, 0.3) is 0 Å². The lowest BCUT2D eigenvalue weighted by atomic mass is 9.85. The molecule has 2 aliphatic rings. The van der Waals surface area contributed by atoms with Crippen molar-refractivity contribution in [1.29, 1.82) is 0 Å². The lowest BCUT2D eigenvalue weighted by molar-refractivity contribution is -0.00936. The number of benzene rings is 1. The van der Waals surface area contributed by atoms with Crippen LogP contribution in [0, 0.1) is 11.8 Å². The summed E-state index contributed by atoms with van der Waals surface area (Å²) in [4.78, 5) is 28.5. The monoisotopic (exact) mass is 403 g/mol. The molecule has 2 bridgehead atoms. The SMILES string of the molecule is CC(C)(C)OC(=O)N1CC2CC(CN(CCNC(=O)OCc3ccccc3)C2)C1. The summed E-state index contributed by atoms with van der Waals surface area (Å²) >= 11 is 0.